The van der Waals surface area contributed by atoms with E-state index in [0.717, 1.165) is 6.07 Å². The fourth-order valence-corrected chi connectivity index (χ4v) is 1.72. The second kappa shape index (κ2) is 4.48. The van der Waals surface area contributed by atoms with Gasteiger partial charge in [-0.15, -0.1) is 0 Å². The van der Waals surface area contributed by atoms with Gasteiger partial charge in [0.15, 0.2) is 0 Å². The second-order valence-corrected chi connectivity index (χ2v) is 4.48. The minimum Gasteiger partial charge on any atom is -0.285 e. The molecule has 0 bridgehead atoms. The van der Waals surface area contributed by atoms with E-state index in [0.29, 0.717) is 16.7 Å². The van der Waals surface area contributed by atoms with Crippen LogP contribution < -0.4 is 0 Å². The Kier molecular flexibility index (Phi) is 3.15. The maximum atomic E-state index is 12.8. The van der Waals surface area contributed by atoms with Gasteiger partial charge in [-0.25, -0.2) is 0 Å². The molecule has 5 heteroatoms. The topological polar surface area (TPSA) is 28.7 Å². The van der Waals surface area contributed by atoms with Crippen molar-refractivity contribution in [1.29, 1.82) is 0 Å². The number of nitrogens with zero attached hydrogens (tertiary/aromatic N) is 1. The Hall–Kier alpha value is -1.78. The summed E-state index contributed by atoms with van der Waals surface area (Å²) in [5, 5.41) is 6.36. The number of hydrogen-bond acceptors (Lipinski definition) is 1. The van der Waals surface area contributed by atoms with Crippen molar-refractivity contribution >= 4 is 0 Å². The van der Waals surface area contributed by atoms with Crippen LogP contribution in [-0.4, -0.2) is 10.2 Å². The minimum absolute atomic E-state index is 0.0398. The lowest BCUT2D eigenvalue weighted by Gasteiger charge is -2.13. The molecular formula is C13H13F3N2. The average molecular weight is 254 g/mol. The van der Waals surface area contributed by atoms with Gasteiger partial charge in [0, 0.05) is 11.8 Å². The number of H-pyrrole nitrogens is 1. The summed E-state index contributed by atoms with van der Waals surface area (Å²) in [6, 6.07) is 4.12. The SMILES string of the molecule is CC(C)c1cc(-c2cn[nH]c2)cc(C(F)(F)F)c1. The Morgan fingerprint density at radius 1 is 1.11 bits per heavy atom. The van der Waals surface area contributed by atoms with E-state index in [-0.39, 0.29) is 5.92 Å². The van der Waals surface area contributed by atoms with Gasteiger partial charge in [0.05, 0.1) is 11.8 Å². The van der Waals surface area contributed by atoms with Gasteiger partial charge in [0.2, 0.25) is 0 Å². The highest BCUT2D eigenvalue weighted by Crippen LogP contribution is 2.34. The van der Waals surface area contributed by atoms with Gasteiger partial charge in [-0.05, 0) is 29.2 Å². The Balaban J connectivity index is 2.57. The molecule has 0 atom stereocenters. The Morgan fingerprint density at radius 3 is 2.33 bits per heavy atom. The highest BCUT2D eigenvalue weighted by Gasteiger charge is 2.31. The summed E-state index contributed by atoms with van der Waals surface area (Å²) < 4.78 is 38.5. The van der Waals surface area contributed by atoms with Crippen molar-refractivity contribution in [3.63, 3.8) is 0 Å². The van der Waals surface area contributed by atoms with E-state index in [9.17, 15) is 13.2 Å². The Bertz CT molecular complexity index is 528. The number of nitrogens with one attached hydrogen (secondary N) is 1. The maximum Gasteiger partial charge on any atom is 0.416 e. The number of alkyl halides is 3. The molecule has 1 N–H and O–H groups in total. The first-order chi connectivity index (χ1) is 8.38. The first kappa shape index (κ1) is 12.7. The monoisotopic (exact) mass is 254 g/mol. The molecule has 2 nitrogen and oxygen atoms in total. The molecule has 2 rings (SSSR count). The zero-order valence-electron chi connectivity index (χ0n) is 10.0. The van der Waals surface area contributed by atoms with E-state index in [1.165, 1.54) is 12.3 Å². The third-order valence-corrected chi connectivity index (χ3v) is 2.78. The fraction of sp³-hybridized carbons (Fsp3) is 0.308. The molecule has 0 radical (unpaired) electrons. The van der Waals surface area contributed by atoms with Crippen molar-refractivity contribution in [2.75, 3.05) is 0 Å². The van der Waals surface area contributed by atoms with Crippen molar-refractivity contribution in [2.24, 2.45) is 0 Å². The first-order valence-corrected chi connectivity index (χ1v) is 5.59. The van der Waals surface area contributed by atoms with Crippen molar-refractivity contribution < 1.29 is 13.2 Å². The van der Waals surface area contributed by atoms with Crippen LogP contribution in [0, 0.1) is 0 Å². The van der Waals surface area contributed by atoms with E-state index < -0.39 is 11.7 Å². The summed E-state index contributed by atoms with van der Waals surface area (Å²) in [6.45, 7) is 3.74. The van der Waals surface area contributed by atoms with Crippen LogP contribution in [0.4, 0.5) is 13.2 Å². The standard InChI is InChI=1S/C13H13F3N2/c1-8(2)9-3-10(11-6-17-18-7-11)5-12(4-9)13(14,15)16/h3-8H,1-2H3,(H,17,18). The molecule has 0 fully saturated rings. The van der Waals surface area contributed by atoms with E-state index in [4.69, 9.17) is 0 Å². The predicted molar refractivity (Wildman–Crippen MR) is 63.1 cm³/mol. The molecule has 0 unspecified atom stereocenters. The number of aromatic amines is 1. The normalized spacial score (nSPS) is 12.1. The lowest BCUT2D eigenvalue weighted by molar-refractivity contribution is -0.137. The van der Waals surface area contributed by atoms with Crippen molar-refractivity contribution in [2.45, 2.75) is 25.9 Å². The number of hydrogen-bond donors (Lipinski definition) is 1. The highest BCUT2D eigenvalue weighted by molar-refractivity contribution is 5.64. The molecule has 0 aliphatic rings. The molecule has 0 amide bonds. The second-order valence-electron chi connectivity index (χ2n) is 4.48. The zero-order chi connectivity index (χ0) is 13.3. The van der Waals surface area contributed by atoms with Gasteiger partial charge in [-0.2, -0.15) is 18.3 Å². The van der Waals surface area contributed by atoms with Gasteiger partial charge in [-0.1, -0.05) is 19.9 Å². The molecule has 18 heavy (non-hydrogen) atoms. The highest BCUT2D eigenvalue weighted by atomic mass is 19.4. The summed E-state index contributed by atoms with van der Waals surface area (Å²) in [6.07, 6.45) is -1.23. The Morgan fingerprint density at radius 2 is 1.83 bits per heavy atom. The van der Waals surface area contributed by atoms with Crippen molar-refractivity contribution in [1.82, 2.24) is 10.2 Å². The predicted octanol–water partition coefficient (Wildman–Crippen LogP) is 4.22. The van der Waals surface area contributed by atoms with Gasteiger partial charge >= 0.3 is 6.18 Å². The molecule has 0 saturated heterocycles. The maximum absolute atomic E-state index is 12.8. The minimum atomic E-state index is -4.33. The van der Waals surface area contributed by atoms with Crippen molar-refractivity contribution in [3.05, 3.63) is 41.7 Å². The molecule has 0 aliphatic heterocycles. The smallest absolute Gasteiger partial charge is 0.285 e. The first-order valence-electron chi connectivity index (χ1n) is 5.59. The lowest BCUT2D eigenvalue weighted by atomic mass is 9.95. The summed E-state index contributed by atoms with van der Waals surface area (Å²) in [4.78, 5) is 0. The van der Waals surface area contributed by atoms with Crippen LogP contribution in [0.2, 0.25) is 0 Å². The zero-order valence-corrected chi connectivity index (χ0v) is 10.0. The van der Waals surface area contributed by atoms with E-state index >= 15 is 0 Å². The largest absolute Gasteiger partial charge is 0.416 e. The summed E-state index contributed by atoms with van der Waals surface area (Å²) in [7, 11) is 0. The van der Waals surface area contributed by atoms with Crippen LogP contribution in [0.5, 0.6) is 0 Å². The lowest BCUT2D eigenvalue weighted by Crippen LogP contribution is -2.06. The molecule has 0 aliphatic carbocycles. The van der Waals surface area contributed by atoms with E-state index in [1.807, 2.05) is 13.8 Å². The molecule has 1 aromatic carbocycles. The third-order valence-electron chi connectivity index (χ3n) is 2.78. The Labute approximate surface area is 103 Å². The summed E-state index contributed by atoms with van der Waals surface area (Å²) in [5.74, 6) is 0.0398. The van der Waals surface area contributed by atoms with Crippen LogP contribution in [0.15, 0.2) is 30.6 Å². The molecule has 0 spiro atoms. The fourth-order valence-electron chi connectivity index (χ4n) is 1.72. The van der Waals surface area contributed by atoms with Gasteiger partial charge in [-0.3, -0.25) is 5.10 Å². The molecule has 1 aromatic heterocycles. The van der Waals surface area contributed by atoms with Crippen LogP contribution in [0.1, 0.15) is 30.9 Å². The van der Waals surface area contributed by atoms with Crippen LogP contribution >= 0.6 is 0 Å². The summed E-state index contributed by atoms with van der Waals surface area (Å²) in [5.41, 5.74) is 1.23. The van der Waals surface area contributed by atoms with Gasteiger partial charge in [0.1, 0.15) is 0 Å². The summed E-state index contributed by atoms with van der Waals surface area (Å²) >= 11 is 0. The van der Waals surface area contributed by atoms with Crippen LogP contribution in [0.3, 0.4) is 0 Å². The number of halogens is 3. The third kappa shape index (κ3) is 2.55. The number of benzene rings is 1. The average Bonchev–Trinajstić information content (AvgIpc) is 2.80. The molecule has 1 heterocycles. The van der Waals surface area contributed by atoms with Crippen LogP contribution in [-0.2, 0) is 6.18 Å². The molecule has 0 saturated carbocycles. The molecule has 96 valence electrons. The van der Waals surface area contributed by atoms with Crippen LogP contribution in [0.25, 0.3) is 11.1 Å². The van der Waals surface area contributed by atoms with Gasteiger partial charge in [0.25, 0.3) is 0 Å². The van der Waals surface area contributed by atoms with E-state index in [2.05, 4.69) is 10.2 Å². The van der Waals surface area contributed by atoms with Gasteiger partial charge < -0.3 is 0 Å². The van der Waals surface area contributed by atoms with Crippen molar-refractivity contribution in [3.8, 4) is 11.1 Å². The van der Waals surface area contributed by atoms with E-state index in [1.54, 1.807) is 12.3 Å². The quantitative estimate of drug-likeness (QED) is 0.854. The number of aromatic nitrogens is 2. The molecular weight excluding hydrogens is 241 g/mol. The number of rotatable bonds is 2. The molecule has 2 aromatic rings.